The molecule has 138 valence electrons. The molecule has 1 aromatic heterocycles. The van der Waals surface area contributed by atoms with Gasteiger partial charge in [0.05, 0.1) is 10.1 Å². The minimum Gasteiger partial charge on any atom is -0.325 e. The van der Waals surface area contributed by atoms with Crippen LogP contribution in [0.1, 0.15) is 22.2 Å². The Morgan fingerprint density at radius 1 is 0.926 bits per heavy atom. The molecular weight excluding hydrogens is 376 g/mol. The molecule has 1 unspecified atom stereocenters. The normalized spacial score (nSPS) is 11.6. The van der Waals surface area contributed by atoms with Crippen molar-refractivity contribution in [1.82, 2.24) is 0 Å². The Labute approximate surface area is 167 Å². The van der Waals surface area contributed by atoms with Crippen molar-refractivity contribution in [2.45, 2.75) is 24.0 Å². The summed E-state index contributed by atoms with van der Waals surface area (Å²) in [4.78, 5) is 26.1. The molecule has 6 heteroatoms. The third-order valence-corrected chi connectivity index (χ3v) is 5.84. The summed E-state index contributed by atoms with van der Waals surface area (Å²) >= 11 is 2.88. The molecule has 0 aliphatic heterocycles. The summed E-state index contributed by atoms with van der Waals surface area (Å²) in [6.45, 7) is 3.89. The van der Waals surface area contributed by atoms with Crippen molar-refractivity contribution in [2.24, 2.45) is 0 Å². The van der Waals surface area contributed by atoms with Crippen molar-refractivity contribution < 1.29 is 9.59 Å². The van der Waals surface area contributed by atoms with Crippen LogP contribution < -0.4 is 10.6 Å². The van der Waals surface area contributed by atoms with Gasteiger partial charge in [0.2, 0.25) is 5.91 Å². The molecule has 2 amide bonds. The van der Waals surface area contributed by atoms with Crippen molar-refractivity contribution in [2.75, 3.05) is 10.6 Å². The Balaban J connectivity index is 1.54. The van der Waals surface area contributed by atoms with Crippen molar-refractivity contribution >= 4 is 46.3 Å². The average Bonchev–Trinajstić information content (AvgIpc) is 3.20. The smallest absolute Gasteiger partial charge is 0.265 e. The lowest BCUT2D eigenvalue weighted by Gasteiger charge is -2.12. The van der Waals surface area contributed by atoms with Gasteiger partial charge in [-0.05, 0) is 61.7 Å². The summed E-state index contributed by atoms with van der Waals surface area (Å²) < 4.78 is 0. The van der Waals surface area contributed by atoms with Gasteiger partial charge in [0, 0.05) is 16.3 Å². The van der Waals surface area contributed by atoms with Crippen LogP contribution in [0.2, 0.25) is 0 Å². The molecule has 3 aromatic rings. The molecule has 1 atom stereocenters. The standard InChI is InChI=1S/C21H20N2O2S2/c1-14-5-7-16(8-6-14)22-20(24)15(2)27-18-11-9-17(10-12-18)23-21(25)19-4-3-13-26-19/h3-13,15H,1-2H3,(H,22,24)(H,23,25). The highest BCUT2D eigenvalue weighted by Crippen LogP contribution is 2.26. The first-order valence-electron chi connectivity index (χ1n) is 8.50. The van der Waals surface area contributed by atoms with Gasteiger partial charge in [-0.25, -0.2) is 0 Å². The predicted octanol–water partition coefficient (Wildman–Crippen LogP) is 5.43. The van der Waals surface area contributed by atoms with E-state index in [0.717, 1.165) is 21.8 Å². The van der Waals surface area contributed by atoms with Crippen LogP contribution in [0.4, 0.5) is 11.4 Å². The van der Waals surface area contributed by atoms with Crippen LogP contribution in [0.25, 0.3) is 0 Å². The van der Waals surface area contributed by atoms with E-state index >= 15 is 0 Å². The second-order valence-electron chi connectivity index (χ2n) is 6.07. The van der Waals surface area contributed by atoms with Crippen molar-refractivity contribution in [3.8, 4) is 0 Å². The molecule has 0 saturated carbocycles. The van der Waals surface area contributed by atoms with Crippen molar-refractivity contribution in [1.29, 1.82) is 0 Å². The van der Waals surface area contributed by atoms with E-state index in [4.69, 9.17) is 0 Å². The zero-order valence-electron chi connectivity index (χ0n) is 15.1. The minimum atomic E-state index is -0.238. The van der Waals surface area contributed by atoms with Crippen LogP contribution in [-0.2, 0) is 4.79 Å². The average molecular weight is 397 g/mol. The molecular formula is C21H20N2O2S2. The highest BCUT2D eigenvalue weighted by molar-refractivity contribution is 8.00. The van der Waals surface area contributed by atoms with Crippen LogP contribution in [0, 0.1) is 6.92 Å². The second kappa shape index (κ2) is 8.88. The molecule has 0 aliphatic rings. The van der Waals surface area contributed by atoms with Gasteiger partial charge in [-0.2, -0.15) is 0 Å². The second-order valence-corrected chi connectivity index (χ2v) is 8.43. The first kappa shape index (κ1) is 19.2. The number of aryl methyl sites for hydroxylation is 1. The predicted molar refractivity (Wildman–Crippen MR) is 114 cm³/mol. The van der Waals surface area contributed by atoms with Gasteiger partial charge in [-0.1, -0.05) is 23.8 Å². The number of thioether (sulfide) groups is 1. The summed E-state index contributed by atoms with van der Waals surface area (Å²) in [5.41, 5.74) is 2.68. The molecule has 2 aromatic carbocycles. The quantitative estimate of drug-likeness (QED) is 0.546. The van der Waals surface area contributed by atoms with E-state index in [2.05, 4.69) is 10.6 Å². The van der Waals surface area contributed by atoms with E-state index in [-0.39, 0.29) is 17.1 Å². The lowest BCUT2D eigenvalue weighted by atomic mass is 10.2. The molecule has 0 saturated heterocycles. The van der Waals surface area contributed by atoms with E-state index in [1.807, 2.05) is 73.8 Å². The Kier molecular flexibility index (Phi) is 6.32. The van der Waals surface area contributed by atoms with Crippen LogP contribution in [0.5, 0.6) is 0 Å². The molecule has 0 bridgehead atoms. The summed E-state index contributed by atoms with van der Waals surface area (Å²) in [6, 6.07) is 18.9. The van der Waals surface area contributed by atoms with Crippen LogP contribution in [0.3, 0.4) is 0 Å². The Morgan fingerprint density at radius 2 is 1.56 bits per heavy atom. The lowest BCUT2D eigenvalue weighted by Crippen LogP contribution is -2.22. The monoisotopic (exact) mass is 396 g/mol. The molecule has 0 fully saturated rings. The Bertz CT molecular complexity index is 904. The number of carbonyl (C=O) groups excluding carboxylic acids is 2. The summed E-state index contributed by atoms with van der Waals surface area (Å²) in [5, 5.41) is 7.43. The van der Waals surface area contributed by atoms with E-state index in [9.17, 15) is 9.59 Å². The number of carbonyl (C=O) groups is 2. The maximum atomic E-state index is 12.4. The number of hydrogen-bond donors (Lipinski definition) is 2. The number of anilines is 2. The minimum absolute atomic E-state index is 0.0427. The number of hydrogen-bond acceptors (Lipinski definition) is 4. The molecule has 0 spiro atoms. The zero-order chi connectivity index (χ0) is 19.2. The molecule has 27 heavy (non-hydrogen) atoms. The first-order valence-corrected chi connectivity index (χ1v) is 10.3. The van der Waals surface area contributed by atoms with Crippen LogP contribution in [-0.4, -0.2) is 17.1 Å². The van der Waals surface area contributed by atoms with Crippen LogP contribution >= 0.6 is 23.1 Å². The van der Waals surface area contributed by atoms with Gasteiger partial charge < -0.3 is 10.6 Å². The highest BCUT2D eigenvalue weighted by atomic mass is 32.2. The third kappa shape index (κ3) is 5.45. The first-order chi connectivity index (χ1) is 13.0. The van der Waals surface area contributed by atoms with E-state index in [1.165, 1.54) is 23.1 Å². The molecule has 0 aliphatic carbocycles. The van der Waals surface area contributed by atoms with Crippen molar-refractivity contribution in [3.63, 3.8) is 0 Å². The van der Waals surface area contributed by atoms with Crippen molar-refractivity contribution in [3.05, 3.63) is 76.5 Å². The Hall–Kier alpha value is -2.57. The number of benzene rings is 2. The molecule has 1 heterocycles. The van der Waals surface area contributed by atoms with Gasteiger partial charge >= 0.3 is 0 Å². The summed E-state index contributed by atoms with van der Waals surface area (Å²) in [5.74, 6) is -0.157. The number of thiophene rings is 1. The van der Waals surface area contributed by atoms with Crippen LogP contribution in [0.15, 0.2) is 70.9 Å². The maximum absolute atomic E-state index is 12.4. The molecule has 2 N–H and O–H groups in total. The van der Waals surface area contributed by atoms with Gasteiger partial charge in [-0.3, -0.25) is 9.59 Å². The lowest BCUT2D eigenvalue weighted by molar-refractivity contribution is -0.115. The number of amides is 2. The Morgan fingerprint density at radius 3 is 2.19 bits per heavy atom. The third-order valence-electron chi connectivity index (χ3n) is 3.86. The summed E-state index contributed by atoms with van der Waals surface area (Å²) in [7, 11) is 0. The highest BCUT2D eigenvalue weighted by Gasteiger charge is 2.15. The topological polar surface area (TPSA) is 58.2 Å². The van der Waals surface area contributed by atoms with E-state index < -0.39 is 0 Å². The van der Waals surface area contributed by atoms with E-state index in [1.54, 1.807) is 6.07 Å². The van der Waals surface area contributed by atoms with Gasteiger partial charge in [0.1, 0.15) is 0 Å². The fraction of sp³-hybridized carbons (Fsp3) is 0.143. The van der Waals surface area contributed by atoms with Gasteiger partial charge in [-0.15, -0.1) is 23.1 Å². The van der Waals surface area contributed by atoms with Gasteiger partial charge in [0.15, 0.2) is 0 Å². The maximum Gasteiger partial charge on any atom is 0.265 e. The SMILES string of the molecule is Cc1ccc(NC(=O)C(C)Sc2ccc(NC(=O)c3cccs3)cc2)cc1. The fourth-order valence-corrected chi connectivity index (χ4v) is 3.84. The number of nitrogens with one attached hydrogen (secondary N) is 2. The molecule has 3 rings (SSSR count). The zero-order valence-corrected chi connectivity index (χ0v) is 16.7. The summed E-state index contributed by atoms with van der Waals surface area (Å²) in [6.07, 6.45) is 0. The van der Waals surface area contributed by atoms with E-state index in [0.29, 0.717) is 4.88 Å². The number of rotatable bonds is 6. The van der Waals surface area contributed by atoms with Gasteiger partial charge in [0.25, 0.3) is 5.91 Å². The molecule has 4 nitrogen and oxygen atoms in total. The largest absolute Gasteiger partial charge is 0.325 e. The fourth-order valence-electron chi connectivity index (χ4n) is 2.36. The molecule has 0 radical (unpaired) electrons.